The van der Waals surface area contributed by atoms with Gasteiger partial charge < -0.3 is 10.2 Å². The summed E-state index contributed by atoms with van der Waals surface area (Å²) in [5.74, 6) is -0.615. The number of carbonyl (C=O) groups is 3. The minimum atomic E-state index is -0.732. The van der Waals surface area contributed by atoms with Crippen LogP contribution in [0.3, 0.4) is 0 Å². The zero-order valence-corrected chi connectivity index (χ0v) is 14.1. The quantitative estimate of drug-likeness (QED) is 0.838. The van der Waals surface area contributed by atoms with Crippen LogP contribution in [0.2, 0.25) is 0 Å². The number of ketones is 2. The van der Waals surface area contributed by atoms with E-state index in [1.165, 1.54) is 13.8 Å². The van der Waals surface area contributed by atoms with Crippen LogP contribution in [0.1, 0.15) is 34.1 Å². The van der Waals surface area contributed by atoms with Crippen molar-refractivity contribution in [3.8, 4) is 0 Å². The van der Waals surface area contributed by atoms with Crippen molar-refractivity contribution in [1.82, 2.24) is 5.32 Å². The molecule has 1 atom stereocenters. The van der Waals surface area contributed by atoms with Gasteiger partial charge in [0.25, 0.3) is 0 Å². The lowest BCUT2D eigenvalue weighted by atomic mass is 10.1. The van der Waals surface area contributed by atoms with Crippen LogP contribution in [0, 0.1) is 0 Å². The van der Waals surface area contributed by atoms with Gasteiger partial charge in [-0.25, -0.2) is 0 Å². The Kier molecular flexibility index (Phi) is 9.50. The highest BCUT2D eigenvalue weighted by Gasteiger charge is 2.19. The summed E-state index contributed by atoms with van der Waals surface area (Å²) in [6.07, 6.45) is 0.0378. The van der Waals surface area contributed by atoms with E-state index in [4.69, 9.17) is 0 Å². The van der Waals surface area contributed by atoms with E-state index in [-0.39, 0.29) is 30.4 Å². The number of rotatable bonds is 7. The van der Waals surface area contributed by atoms with Crippen molar-refractivity contribution in [2.75, 3.05) is 18.5 Å². The molecule has 0 aliphatic carbocycles. The largest absolute Gasteiger partial charge is 0.365 e. The number of anilines is 1. The van der Waals surface area contributed by atoms with E-state index in [9.17, 15) is 14.4 Å². The minimum Gasteiger partial charge on any atom is -0.365 e. The van der Waals surface area contributed by atoms with Gasteiger partial charge in [0.05, 0.1) is 12.6 Å². The van der Waals surface area contributed by atoms with Gasteiger partial charge in [-0.1, -0.05) is 32.0 Å². The molecule has 0 spiro atoms. The fourth-order valence-electron chi connectivity index (χ4n) is 1.81. The minimum absolute atomic E-state index is 0.0378. The summed E-state index contributed by atoms with van der Waals surface area (Å²) in [6, 6.07) is 8.73. The third-order valence-corrected chi connectivity index (χ3v) is 2.90. The van der Waals surface area contributed by atoms with Crippen molar-refractivity contribution in [2.24, 2.45) is 0 Å². The molecule has 1 rings (SSSR count). The summed E-state index contributed by atoms with van der Waals surface area (Å²) in [4.78, 5) is 36.1. The Morgan fingerprint density at radius 2 is 1.64 bits per heavy atom. The second-order valence-electron chi connectivity index (χ2n) is 4.83. The van der Waals surface area contributed by atoms with Crippen molar-refractivity contribution in [3.63, 3.8) is 0 Å². The summed E-state index contributed by atoms with van der Waals surface area (Å²) in [7, 11) is 1.79. The monoisotopic (exact) mass is 306 g/mol. The van der Waals surface area contributed by atoms with Crippen LogP contribution < -0.4 is 10.2 Å². The molecule has 0 saturated heterocycles. The average Bonchev–Trinajstić information content (AvgIpc) is 2.48. The molecule has 1 amide bonds. The molecule has 0 heterocycles. The number of amides is 1. The van der Waals surface area contributed by atoms with Gasteiger partial charge in [-0.15, -0.1) is 0 Å². The topological polar surface area (TPSA) is 66.5 Å². The van der Waals surface area contributed by atoms with E-state index in [0.717, 1.165) is 5.69 Å². The molecule has 0 saturated carbocycles. The second kappa shape index (κ2) is 10.5. The van der Waals surface area contributed by atoms with Crippen LogP contribution >= 0.6 is 0 Å². The molecular formula is C17H26N2O3. The van der Waals surface area contributed by atoms with E-state index < -0.39 is 6.04 Å². The number of Topliss-reactive ketones (excluding diaryl/α,β-unsaturated/α-hetero) is 2. The standard InChI is InChI=1S/C15H20N2O3.C2H6/c1-11(18)9-14(12(2)19)16-15(20)10-17(3)13-7-5-4-6-8-13;1-2/h4-8,14H,9-10H2,1-3H3,(H,16,20);1-2H3. The van der Waals surface area contributed by atoms with Gasteiger partial charge in [0, 0.05) is 19.2 Å². The first kappa shape index (κ1) is 19.8. The van der Waals surface area contributed by atoms with Crippen molar-refractivity contribution >= 4 is 23.2 Å². The number of carbonyl (C=O) groups excluding carboxylic acids is 3. The molecular weight excluding hydrogens is 280 g/mol. The maximum atomic E-state index is 11.9. The predicted octanol–water partition coefficient (Wildman–Crippen LogP) is 2.20. The first-order valence-electron chi connectivity index (χ1n) is 7.45. The van der Waals surface area contributed by atoms with Crippen molar-refractivity contribution in [2.45, 2.75) is 40.2 Å². The summed E-state index contributed by atoms with van der Waals surface area (Å²) in [6.45, 7) is 6.90. The molecule has 0 radical (unpaired) electrons. The highest BCUT2D eigenvalue weighted by Crippen LogP contribution is 2.10. The lowest BCUT2D eigenvalue weighted by Gasteiger charge is -2.21. The van der Waals surface area contributed by atoms with Gasteiger partial charge in [0.15, 0.2) is 5.78 Å². The Morgan fingerprint density at radius 1 is 1.09 bits per heavy atom. The average molecular weight is 306 g/mol. The zero-order chi connectivity index (χ0) is 17.1. The Balaban J connectivity index is 0.00000211. The highest BCUT2D eigenvalue weighted by molar-refractivity contribution is 5.92. The van der Waals surface area contributed by atoms with Crippen LogP contribution in [0.4, 0.5) is 5.69 Å². The number of likely N-dealkylation sites (N-methyl/N-ethyl adjacent to an activating group) is 1. The Morgan fingerprint density at radius 3 is 2.09 bits per heavy atom. The second-order valence-corrected chi connectivity index (χ2v) is 4.83. The number of para-hydroxylation sites is 1. The van der Waals surface area contributed by atoms with E-state index in [0.29, 0.717) is 0 Å². The van der Waals surface area contributed by atoms with Crippen molar-refractivity contribution in [3.05, 3.63) is 30.3 Å². The molecule has 1 unspecified atom stereocenters. The van der Waals surface area contributed by atoms with E-state index in [1.54, 1.807) is 11.9 Å². The summed E-state index contributed by atoms with van der Waals surface area (Å²) in [5, 5.41) is 2.60. The maximum absolute atomic E-state index is 11.9. The van der Waals surface area contributed by atoms with Crippen LogP contribution in [-0.4, -0.2) is 37.1 Å². The highest BCUT2D eigenvalue weighted by atomic mass is 16.2. The van der Waals surface area contributed by atoms with Gasteiger partial charge in [-0.05, 0) is 26.0 Å². The van der Waals surface area contributed by atoms with Gasteiger partial charge in [0.2, 0.25) is 5.91 Å². The fraction of sp³-hybridized carbons (Fsp3) is 0.471. The molecule has 1 aromatic carbocycles. The number of hydrogen-bond acceptors (Lipinski definition) is 4. The molecule has 1 N–H and O–H groups in total. The first-order valence-corrected chi connectivity index (χ1v) is 7.45. The number of nitrogens with one attached hydrogen (secondary N) is 1. The lowest BCUT2D eigenvalue weighted by molar-refractivity contribution is -0.128. The Hall–Kier alpha value is -2.17. The predicted molar refractivity (Wildman–Crippen MR) is 89.0 cm³/mol. The van der Waals surface area contributed by atoms with E-state index in [1.807, 2.05) is 44.2 Å². The van der Waals surface area contributed by atoms with Gasteiger partial charge in [-0.3, -0.25) is 14.4 Å². The van der Waals surface area contributed by atoms with Crippen LogP contribution in [0.15, 0.2) is 30.3 Å². The first-order chi connectivity index (χ1) is 10.4. The molecule has 22 heavy (non-hydrogen) atoms. The number of hydrogen-bond donors (Lipinski definition) is 1. The van der Waals surface area contributed by atoms with Crippen LogP contribution in [0.25, 0.3) is 0 Å². The lowest BCUT2D eigenvalue weighted by Crippen LogP contribution is -2.45. The van der Waals surface area contributed by atoms with E-state index in [2.05, 4.69) is 5.32 Å². The molecule has 0 bridgehead atoms. The van der Waals surface area contributed by atoms with Crippen molar-refractivity contribution < 1.29 is 14.4 Å². The van der Waals surface area contributed by atoms with Gasteiger partial charge in [0.1, 0.15) is 5.78 Å². The Labute approximate surface area is 132 Å². The van der Waals surface area contributed by atoms with Crippen LogP contribution in [-0.2, 0) is 14.4 Å². The van der Waals surface area contributed by atoms with Crippen LogP contribution in [0.5, 0.6) is 0 Å². The molecule has 0 fully saturated rings. The fourth-order valence-corrected chi connectivity index (χ4v) is 1.81. The summed E-state index contributed by atoms with van der Waals surface area (Å²) >= 11 is 0. The third-order valence-electron chi connectivity index (χ3n) is 2.90. The molecule has 0 aliphatic heterocycles. The van der Waals surface area contributed by atoms with Gasteiger partial charge in [-0.2, -0.15) is 0 Å². The molecule has 122 valence electrons. The molecule has 5 heteroatoms. The summed E-state index contributed by atoms with van der Waals surface area (Å²) < 4.78 is 0. The zero-order valence-electron chi connectivity index (χ0n) is 14.1. The smallest absolute Gasteiger partial charge is 0.240 e. The van der Waals surface area contributed by atoms with Crippen molar-refractivity contribution in [1.29, 1.82) is 0 Å². The molecule has 1 aromatic rings. The Bertz CT molecular complexity index is 486. The van der Waals surface area contributed by atoms with Gasteiger partial charge >= 0.3 is 0 Å². The SMILES string of the molecule is CC.CC(=O)CC(NC(=O)CN(C)c1ccccc1)C(C)=O. The van der Waals surface area contributed by atoms with E-state index >= 15 is 0 Å². The normalized spacial score (nSPS) is 10.8. The molecule has 0 aromatic heterocycles. The maximum Gasteiger partial charge on any atom is 0.240 e. The molecule has 0 aliphatic rings. The summed E-state index contributed by atoms with van der Waals surface area (Å²) in [5.41, 5.74) is 0.911. The number of nitrogens with zero attached hydrogens (tertiary/aromatic N) is 1. The molecule has 5 nitrogen and oxygen atoms in total. The third kappa shape index (κ3) is 7.57. The number of benzene rings is 1.